The molecule has 0 aliphatic rings. The van der Waals surface area contributed by atoms with Crippen LogP contribution in [-0.2, 0) is 0 Å². The van der Waals surface area contributed by atoms with Gasteiger partial charge in [-0.25, -0.2) is 0 Å². The number of methoxy groups -OCH3 is 1. The Morgan fingerprint density at radius 3 is 2.50 bits per heavy atom. The number of benzene rings is 2. The number of carbonyl (C=O) groups is 1. The molecule has 0 spiro atoms. The minimum Gasteiger partial charge on any atom is -0.496 e. The molecule has 0 saturated heterocycles. The number of hydrogen-bond acceptors (Lipinski definition) is 3. The molecule has 5 heteroatoms. The zero-order chi connectivity index (χ0) is 17.1. The van der Waals surface area contributed by atoms with Crippen molar-refractivity contribution < 1.29 is 9.53 Å². The van der Waals surface area contributed by atoms with Gasteiger partial charge in [0.2, 0.25) is 0 Å². The molecular formula is C19H19N3O2. The summed E-state index contributed by atoms with van der Waals surface area (Å²) in [5.74, 6) is 0.777. The summed E-state index contributed by atoms with van der Waals surface area (Å²) in [5.41, 5.74) is 4.43. The summed E-state index contributed by atoms with van der Waals surface area (Å²) in [6.07, 6.45) is 0. The summed E-state index contributed by atoms with van der Waals surface area (Å²) in [5, 5.41) is 10.1. The first-order chi connectivity index (χ1) is 11.6. The molecule has 0 aliphatic carbocycles. The molecule has 24 heavy (non-hydrogen) atoms. The maximum atomic E-state index is 12.6. The first-order valence-corrected chi connectivity index (χ1v) is 7.66. The van der Waals surface area contributed by atoms with E-state index in [1.807, 2.05) is 44.2 Å². The zero-order valence-corrected chi connectivity index (χ0v) is 13.9. The van der Waals surface area contributed by atoms with Gasteiger partial charge in [-0.2, -0.15) is 5.10 Å². The van der Waals surface area contributed by atoms with E-state index >= 15 is 0 Å². The third-order valence-electron chi connectivity index (χ3n) is 3.87. The van der Waals surface area contributed by atoms with Crippen molar-refractivity contribution in [2.45, 2.75) is 13.8 Å². The number of H-pyrrole nitrogens is 1. The van der Waals surface area contributed by atoms with Gasteiger partial charge in [0.05, 0.1) is 12.7 Å². The summed E-state index contributed by atoms with van der Waals surface area (Å²) in [7, 11) is 1.54. The molecule has 0 aliphatic heterocycles. The fraction of sp³-hybridized carbons (Fsp3) is 0.158. The van der Waals surface area contributed by atoms with Crippen molar-refractivity contribution in [1.82, 2.24) is 10.2 Å². The Kier molecular flexibility index (Phi) is 4.33. The van der Waals surface area contributed by atoms with Crippen LogP contribution in [0.3, 0.4) is 0 Å². The number of para-hydroxylation sites is 1. The molecule has 1 aromatic heterocycles. The maximum Gasteiger partial charge on any atom is 0.260 e. The molecule has 0 unspecified atom stereocenters. The van der Waals surface area contributed by atoms with Gasteiger partial charge in [-0.15, -0.1) is 0 Å². The highest BCUT2D eigenvalue weighted by Crippen LogP contribution is 2.30. The van der Waals surface area contributed by atoms with Gasteiger partial charge in [0.25, 0.3) is 5.91 Å². The van der Waals surface area contributed by atoms with Crippen molar-refractivity contribution in [2.24, 2.45) is 0 Å². The lowest BCUT2D eigenvalue weighted by Crippen LogP contribution is -2.14. The number of nitrogens with zero attached hydrogens (tertiary/aromatic N) is 1. The molecule has 0 radical (unpaired) electrons. The number of aromatic nitrogens is 2. The summed E-state index contributed by atoms with van der Waals surface area (Å²) in [6.45, 7) is 3.97. The van der Waals surface area contributed by atoms with E-state index in [0.29, 0.717) is 17.1 Å². The largest absolute Gasteiger partial charge is 0.496 e. The fourth-order valence-electron chi connectivity index (χ4n) is 2.60. The lowest BCUT2D eigenvalue weighted by Gasteiger charge is -2.09. The van der Waals surface area contributed by atoms with Gasteiger partial charge in [0.1, 0.15) is 5.75 Å². The maximum absolute atomic E-state index is 12.6. The molecule has 3 rings (SSSR count). The van der Waals surface area contributed by atoms with Crippen molar-refractivity contribution in [1.29, 1.82) is 0 Å². The van der Waals surface area contributed by atoms with Gasteiger partial charge in [-0.1, -0.05) is 42.0 Å². The van der Waals surface area contributed by atoms with E-state index in [-0.39, 0.29) is 5.91 Å². The van der Waals surface area contributed by atoms with Crippen LogP contribution in [0.25, 0.3) is 11.1 Å². The molecule has 2 aromatic carbocycles. The Morgan fingerprint density at radius 2 is 1.79 bits per heavy atom. The Hall–Kier alpha value is -3.08. The molecule has 122 valence electrons. The van der Waals surface area contributed by atoms with Crippen molar-refractivity contribution in [3.05, 3.63) is 65.4 Å². The van der Waals surface area contributed by atoms with E-state index in [1.54, 1.807) is 25.3 Å². The fourth-order valence-corrected chi connectivity index (χ4v) is 2.60. The van der Waals surface area contributed by atoms with Crippen LogP contribution in [0.1, 0.15) is 21.6 Å². The molecule has 0 atom stereocenters. The van der Waals surface area contributed by atoms with E-state index in [2.05, 4.69) is 15.5 Å². The average Bonchev–Trinajstić information content (AvgIpc) is 2.96. The van der Waals surface area contributed by atoms with E-state index in [4.69, 9.17) is 4.74 Å². The second-order valence-corrected chi connectivity index (χ2v) is 5.59. The Labute approximate surface area is 140 Å². The second-order valence-electron chi connectivity index (χ2n) is 5.59. The summed E-state index contributed by atoms with van der Waals surface area (Å²) in [4.78, 5) is 12.6. The SMILES string of the molecule is COc1ccccc1C(=O)Nc1n[nH]c(C)c1-c1ccc(C)cc1. The second kappa shape index (κ2) is 6.58. The van der Waals surface area contributed by atoms with Crippen molar-refractivity contribution >= 4 is 11.7 Å². The van der Waals surface area contributed by atoms with E-state index < -0.39 is 0 Å². The lowest BCUT2D eigenvalue weighted by atomic mass is 10.0. The molecule has 0 bridgehead atoms. The third-order valence-corrected chi connectivity index (χ3v) is 3.87. The normalized spacial score (nSPS) is 10.5. The van der Waals surface area contributed by atoms with Crippen LogP contribution in [0.5, 0.6) is 5.75 Å². The minimum atomic E-state index is -0.257. The standard InChI is InChI=1S/C19H19N3O2/c1-12-8-10-14(11-9-12)17-13(2)21-22-18(17)20-19(23)15-6-4-5-7-16(15)24-3/h4-11H,1-3H3,(H2,20,21,22,23). The number of anilines is 1. The smallest absolute Gasteiger partial charge is 0.260 e. The van der Waals surface area contributed by atoms with E-state index in [0.717, 1.165) is 16.8 Å². The molecular weight excluding hydrogens is 302 g/mol. The van der Waals surface area contributed by atoms with Crippen molar-refractivity contribution in [2.75, 3.05) is 12.4 Å². The Morgan fingerprint density at radius 1 is 1.08 bits per heavy atom. The van der Waals surface area contributed by atoms with Gasteiger partial charge in [0, 0.05) is 11.3 Å². The number of amides is 1. The van der Waals surface area contributed by atoms with Gasteiger partial charge in [0.15, 0.2) is 5.82 Å². The van der Waals surface area contributed by atoms with Crippen molar-refractivity contribution in [3.63, 3.8) is 0 Å². The number of nitrogens with one attached hydrogen (secondary N) is 2. The van der Waals surface area contributed by atoms with Crippen molar-refractivity contribution in [3.8, 4) is 16.9 Å². The summed E-state index contributed by atoms with van der Waals surface area (Å²) < 4.78 is 5.25. The van der Waals surface area contributed by atoms with Crippen LogP contribution in [0.4, 0.5) is 5.82 Å². The number of ether oxygens (including phenoxy) is 1. The number of carbonyl (C=O) groups excluding carboxylic acids is 1. The van der Waals surface area contributed by atoms with Crippen LogP contribution < -0.4 is 10.1 Å². The molecule has 3 aromatic rings. The number of rotatable bonds is 4. The molecule has 2 N–H and O–H groups in total. The highest BCUT2D eigenvalue weighted by atomic mass is 16.5. The third kappa shape index (κ3) is 3.01. The highest BCUT2D eigenvalue weighted by Gasteiger charge is 2.17. The van der Waals surface area contributed by atoms with Crippen LogP contribution in [0, 0.1) is 13.8 Å². The molecule has 1 heterocycles. The summed E-state index contributed by atoms with van der Waals surface area (Å²) >= 11 is 0. The first-order valence-electron chi connectivity index (χ1n) is 7.66. The van der Waals surface area contributed by atoms with Gasteiger partial charge in [-0.05, 0) is 31.5 Å². The zero-order valence-electron chi connectivity index (χ0n) is 13.9. The van der Waals surface area contributed by atoms with Crippen LogP contribution in [0.15, 0.2) is 48.5 Å². The Bertz CT molecular complexity index is 867. The number of hydrogen-bond donors (Lipinski definition) is 2. The molecule has 0 saturated carbocycles. The molecule has 1 amide bonds. The van der Waals surface area contributed by atoms with Gasteiger partial charge in [-0.3, -0.25) is 9.89 Å². The Balaban J connectivity index is 1.94. The van der Waals surface area contributed by atoms with Gasteiger partial charge >= 0.3 is 0 Å². The van der Waals surface area contributed by atoms with E-state index in [1.165, 1.54) is 5.56 Å². The first kappa shape index (κ1) is 15.8. The predicted molar refractivity (Wildman–Crippen MR) is 94.4 cm³/mol. The number of aromatic amines is 1. The lowest BCUT2D eigenvalue weighted by molar-refractivity contribution is 0.102. The molecule has 5 nitrogen and oxygen atoms in total. The average molecular weight is 321 g/mol. The van der Waals surface area contributed by atoms with Crippen LogP contribution in [0.2, 0.25) is 0 Å². The van der Waals surface area contributed by atoms with Crippen LogP contribution >= 0.6 is 0 Å². The van der Waals surface area contributed by atoms with Crippen LogP contribution in [-0.4, -0.2) is 23.2 Å². The highest BCUT2D eigenvalue weighted by molar-refractivity contribution is 6.07. The quantitative estimate of drug-likeness (QED) is 0.764. The monoisotopic (exact) mass is 321 g/mol. The summed E-state index contributed by atoms with van der Waals surface area (Å²) in [6, 6.07) is 15.2. The molecule has 0 fully saturated rings. The topological polar surface area (TPSA) is 67.0 Å². The van der Waals surface area contributed by atoms with Gasteiger partial charge < -0.3 is 10.1 Å². The minimum absolute atomic E-state index is 0.257. The predicted octanol–water partition coefficient (Wildman–Crippen LogP) is 3.95. The van der Waals surface area contributed by atoms with E-state index in [9.17, 15) is 4.79 Å². The number of aryl methyl sites for hydroxylation is 2.